The van der Waals surface area contributed by atoms with Crippen molar-refractivity contribution >= 4 is 26.8 Å². The number of rotatable bonds is 19. The lowest BCUT2D eigenvalue weighted by Gasteiger charge is -2.15. The number of benzene rings is 2. The maximum atomic E-state index is 13.2. The van der Waals surface area contributed by atoms with Gasteiger partial charge < -0.3 is 0 Å². The summed E-state index contributed by atoms with van der Waals surface area (Å²) in [4.78, 5) is 5.00. The predicted molar refractivity (Wildman–Crippen MR) is 162 cm³/mol. The number of nitrogens with zero attached hydrogens (tertiary/aromatic N) is 3. The van der Waals surface area contributed by atoms with Crippen molar-refractivity contribution in [3.05, 3.63) is 60.4 Å². The van der Waals surface area contributed by atoms with Crippen molar-refractivity contribution in [3.63, 3.8) is 0 Å². The SMILES string of the molecule is CCCCCCCCCCCCCCCCCC1=Nn2c(nc3ccccc32)C1NS(=O)(=O)c1ccccc1. The third-order valence-corrected chi connectivity index (χ3v) is 9.18. The molecule has 7 heteroatoms. The first-order valence-electron chi connectivity index (χ1n) is 15.2. The highest BCUT2D eigenvalue weighted by molar-refractivity contribution is 7.89. The summed E-state index contributed by atoms with van der Waals surface area (Å²) in [6.07, 6.45) is 20.6. The van der Waals surface area contributed by atoms with Gasteiger partial charge in [-0.3, -0.25) is 0 Å². The molecule has 0 amide bonds. The van der Waals surface area contributed by atoms with Crippen LogP contribution in [-0.4, -0.2) is 23.8 Å². The van der Waals surface area contributed by atoms with Crippen molar-refractivity contribution in [2.45, 2.75) is 121 Å². The number of sulfonamides is 1. The number of para-hydroxylation sites is 2. The molecule has 4 rings (SSSR count). The van der Waals surface area contributed by atoms with Crippen LogP contribution >= 0.6 is 0 Å². The molecule has 1 unspecified atom stereocenters. The minimum absolute atomic E-state index is 0.255. The summed E-state index contributed by atoms with van der Waals surface area (Å²) in [5.74, 6) is 0.645. The molecule has 212 valence electrons. The number of hydrogen-bond acceptors (Lipinski definition) is 4. The van der Waals surface area contributed by atoms with Gasteiger partial charge in [0.25, 0.3) is 0 Å². The quantitative estimate of drug-likeness (QED) is 0.152. The lowest BCUT2D eigenvalue weighted by molar-refractivity contribution is 0.533. The molecule has 39 heavy (non-hydrogen) atoms. The molecule has 3 aromatic rings. The van der Waals surface area contributed by atoms with Gasteiger partial charge in [-0.1, -0.05) is 127 Å². The summed E-state index contributed by atoms with van der Waals surface area (Å²) in [7, 11) is -3.70. The zero-order valence-corrected chi connectivity index (χ0v) is 24.5. The van der Waals surface area contributed by atoms with Crippen molar-refractivity contribution in [3.8, 4) is 0 Å². The molecule has 1 atom stereocenters. The summed E-state index contributed by atoms with van der Waals surface area (Å²) in [6, 6.07) is 15.8. The van der Waals surface area contributed by atoms with Gasteiger partial charge in [-0.2, -0.15) is 9.82 Å². The minimum Gasteiger partial charge on any atom is -0.229 e. The topological polar surface area (TPSA) is 76.3 Å². The molecule has 1 aromatic heterocycles. The van der Waals surface area contributed by atoms with E-state index in [4.69, 9.17) is 10.1 Å². The van der Waals surface area contributed by atoms with Crippen molar-refractivity contribution < 1.29 is 8.42 Å². The van der Waals surface area contributed by atoms with Gasteiger partial charge in [0.1, 0.15) is 6.04 Å². The molecule has 1 aliphatic rings. The Bertz CT molecular complexity index is 1280. The smallest absolute Gasteiger partial charge is 0.229 e. The van der Waals surface area contributed by atoms with E-state index in [1.807, 2.05) is 35.0 Å². The van der Waals surface area contributed by atoms with Crippen LogP contribution in [0.2, 0.25) is 0 Å². The predicted octanol–water partition coefficient (Wildman–Crippen LogP) is 8.54. The molecular formula is C32H46N4O2S. The molecule has 0 spiro atoms. The van der Waals surface area contributed by atoms with E-state index in [2.05, 4.69) is 11.6 Å². The lowest BCUT2D eigenvalue weighted by atomic mass is 10.0. The molecule has 0 bridgehead atoms. The molecular weight excluding hydrogens is 504 g/mol. The van der Waals surface area contributed by atoms with Crippen LogP contribution in [0.3, 0.4) is 0 Å². The molecule has 2 heterocycles. The summed E-state index contributed by atoms with van der Waals surface area (Å²) in [5, 5.41) is 4.85. The highest BCUT2D eigenvalue weighted by Gasteiger charge is 2.34. The number of unbranched alkanes of at least 4 members (excludes halogenated alkanes) is 14. The molecule has 0 radical (unpaired) electrons. The maximum Gasteiger partial charge on any atom is 0.241 e. The van der Waals surface area contributed by atoms with Crippen LogP contribution in [0.5, 0.6) is 0 Å². The first-order valence-corrected chi connectivity index (χ1v) is 16.7. The van der Waals surface area contributed by atoms with Crippen LogP contribution in [0.15, 0.2) is 64.6 Å². The van der Waals surface area contributed by atoms with E-state index in [0.29, 0.717) is 5.82 Å². The summed E-state index contributed by atoms with van der Waals surface area (Å²) >= 11 is 0. The van der Waals surface area contributed by atoms with Crippen LogP contribution < -0.4 is 4.72 Å². The lowest BCUT2D eigenvalue weighted by Crippen LogP contribution is -2.32. The van der Waals surface area contributed by atoms with Gasteiger partial charge in [0.05, 0.1) is 21.6 Å². The monoisotopic (exact) mass is 550 g/mol. The van der Waals surface area contributed by atoms with Gasteiger partial charge in [-0.05, 0) is 37.1 Å². The molecule has 0 fully saturated rings. The number of nitrogens with one attached hydrogen (secondary N) is 1. The first-order chi connectivity index (χ1) is 19.1. The van der Waals surface area contributed by atoms with E-state index in [1.54, 1.807) is 24.3 Å². The maximum absolute atomic E-state index is 13.2. The normalized spacial score (nSPS) is 15.1. The van der Waals surface area contributed by atoms with E-state index < -0.39 is 16.1 Å². The van der Waals surface area contributed by atoms with E-state index in [9.17, 15) is 8.42 Å². The van der Waals surface area contributed by atoms with Gasteiger partial charge in [0, 0.05) is 0 Å². The Morgan fingerprint density at radius 1 is 0.718 bits per heavy atom. The largest absolute Gasteiger partial charge is 0.241 e. The molecule has 2 aromatic carbocycles. The first kappa shape index (κ1) is 29.5. The number of imidazole rings is 1. The highest BCUT2D eigenvalue weighted by atomic mass is 32.2. The molecule has 0 saturated carbocycles. The van der Waals surface area contributed by atoms with Crippen LogP contribution in [0.1, 0.15) is 122 Å². The van der Waals surface area contributed by atoms with Gasteiger partial charge >= 0.3 is 0 Å². The average molecular weight is 551 g/mol. The van der Waals surface area contributed by atoms with E-state index in [-0.39, 0.29) is 4.90 Å². The third-order valence-electron chi connectivity index (χ3n) is 7.74. The third kappa shape index (κ3) is 8.49. The fraction of sp³-hybridized carbons (Fsp3) is 0.562. The van der Waals surface area contributed by atoms with E-state index in [1.165, 1.54) is 83.5 Å². The summed E-state index contributed by atoms with van der Waals surface area (Å²) in [6.45, 7) is 2.28. The molecule has 1 N–H and O–H groups in total. The zero-order valence-electron chi connectivity index (χ0n) is 23.7. The second kappa shape index (κ2) is 15.3. The fourth-order valence-electron chi connectivity index (χ4n) is 5.47. The van der Waals surface area contributed by atoms with Crippen LogP contribution in [0.4, 0.5) is 0 Å². The summed E-state index contributed by atoms with van der Waals surface area (Å²) in [5.41, 5.74) is 2.58. The molecule has 0 aliphatic carbocycles. The van der Waals surface area contributed by atoms with Crippen molar-refractivity contribution in [2.24, 2.45) is 5.10 Å². The second-order valence-electron chi connectivity index (χ2n) is 10.9. The number of aromatic nitrogens is 2. The van der Waals surface area contributed by atoms with Crippen LogP contribution in [0, 0.1) is 0 Å². The zero-order chi connectivity index (χ0) is 27.3. The van der Waals surface area contributed by atoms with Crippen LogP contribution in [0.25, 0.3) is 11.0 Å². The Kier molecular flexibility index (Phi) is 11.6. The number of fused-ring (bicyclic) bond motifs is 3. The standard InChI is InChI=1S/C32H46N4O2S/c1-2-3-4-5-6-7-8-9-10-11-12-13-14-15-19-25-29-31(35-39(37,38)27-22-17-16-18-23-27)32-33-28-24-20-21-26-30(28)36(32)34-29/h16-18,20-24,26,31,35H,2-15,19,25H2,1H3. The van der Waals surface area contributed by atoms with Gasteiger partial charge in [-0.15, -0.1) is 0 Å². The Labute approximate surface area is 235 Å². The van der Waals surface area contributed by atoms with Crippen LogP contribution in [-0.2, 0) is 10.0 Å². The van der Waals surface area contributed by atoms with Gasteiger partial charge in [0.15, 0.2) is 5.82 Å². The second-order valence-corrected chi connectivity index (χ2v) is 12.6. The highest BCUT2D eigenvalue weighted by Crippen LogP contribution is 2.30. The minimum atomic E-state index is -3.70. The van der Waals surface area contributed by atoms with Crippen molar-refractivity contribution in [1.82, 2.24) is 14.4 Å². The van der Waals surface area contributed by atoms with Gasteiger partial charge in [0.2, 0.25) is 10.0 Å². The summed E-state index contributed by atoms with van der Waals surface area (Å²) < 4.78 is 31.0. The molecule has 6 nitrogen and oxygen atoms in total. The molecule has 1 aliphatic heterocycles. The fourth-order valence-corrected chi connectivity index (χ4v) is 6.68. The van der Waals surface area contributed by atoms with Crippen molar-refractivity contribution in [1.29, 1.82) is 0 Å². The Hall–Kier alpha value is -2.51. The Morgan fingerprint density at radius 2 is 1.26 bits per heavy atom. The Balaban J connectivity index is 1.21. The number of hydrogen-bond donors (Lipinski definition) is 1. The molecule has 0 saturated heterocycles. The average Bonchev–Trinajstić information content (AvgIpc) is 3.47. The van der Waals surface area contributed by atoms with E-state index >= 15 is 0 Å². The van der Waals surface area contributed by atoms with Gasteiger partial charge in [-0.25, -0.2) is 18.1 Å². The van der Waals surface area contributed by atoms with E-state index in [0.717, 1.165) is 36.0 Å². The van der Waals surface area contributed by atoms with Crippen molar-refractivity contribution in [2.75, 3.05) is 0 Å². The Morgan fingerprint density at radius 3 is 1.87 bits per heavy atom.